The van der Waals surface area contributed by atoms with Crippen molar-refractivity contribution in [2.45, 2.75) is 0 Å². The van der Waals surface area contributed by atoms with E-state index in [4.69, 9.17) is 44.4 Å². The van der Waals surface area contributed by atoms with Gasteiger partial charge in [-0.05, 0) is 18.2 Å². The van der Waals surface area contributed by atoms with E-state index in [9.17, 15) is 0 Å². The normalized spacial score (nSPS) is 8.50. The van der Waals surface area contributed by atoms with Crippen LogP contribution in [0.1, 0.15) is 0 Å². The fraction of sp³-hybridized carbons (Fsp3) is 0. The minimum Gasteiger partial charge on any atom is -0.328 e. The highest BCUT2D eigenvalue weighted by atomic mass is 35.5. The lowest BCUT2D eigenvalue weighted by Gasteiger charge is -2.01. The Bertz CT molecular complexity index is 317. The molecule has 0 heterocycles. The third-order valence-electron chi connectivity index (χ3n) is 1.08. The van der Waals surface area contributed by atoms with E-state index in [1.807, 2.05) is 0 Å². The number of nitrogens with zero attached hydrogens (tertiary/aromatic N) is 1. The van der Waals surface area contributed by atoms with Gasteiger partial charge in [-0.2, -0.15) is 0 Å². The fourth-order valence-electron chi connectivity index (χ4n) is 0.608. The summed E-state index contributed by atoms with van der Waals surface area (Å²) in [6.45, 7) is 0. The standard InChI is InChI=1S/C6H6Cl2N2.HNO3/c7-4-1-2-5(8)6(3-4)10-9;2-1(3)4/h1-3,10H,9H2;(H,2,3,4). The number of hydrogen-bond donors (Lipinski definition) is 3. The molecule has 1 rings (SSSR count). The topological polar surface area (TPSA) is 101 Å². The number of nitrogens with one attached hydrogen (secondary N) is 1. The fourth-order valence-corrected chi connectivity index (χ4v) is 0.952. The molecule has 4 N–H and O–H groups in total. The van der Waals surface area contributed by atoms with E-state index >= 15 is 0 Å². The van der Waals surface area contributed by atoms with Crippen LogP contribution in [0.3, 0.4) is 0 Å². The molecule has 0 aliphatic heterocycles. The number of anilines is 1. The Balaban J connectivity index is 0.000000364. The summed E-state index contributed by atoms with van der Waals surface area (Å²) in [5, 5.41) is 14.8. The van der Waals surface area contributed by atoms with Gasteiger partial charge < -0.3 is 10.6 Å². The lowest BCUT2D eigenvalue weighted by atomic mass is 10.3. The summed E-state index contributed by atoms with van der Waals surface area (Å²) >= 11 is 11.3. The first-order chi connectivity index (χ1) is 6.47. The summed E-state index contributed by atoms with van der Waals surface area (Å²) in [6, 6.07) is 5.04. The van der Waals surface area contributed by atoms with Gasteiger partial charge in [0.05, 0.1) is 10.7 Å². The van der Waals surface area contributed by atoms with Crippen molar-refractivity contribution < 1.29 is 10.3 Å². The predicted octanol–water partition coefficient (Wildman–Crippen LogP) is 1.93. The number of hydrazine groups is 1. The second-order valence-corrected chi connectivity index (χ2v) is 2.85. The molecule has 1 aromatic rings. The highest BCUT2D eigenvalue weighted by Gasteiger charge is 1.96. The van der Waals surface area contributed by atoms with Crippen LogP contribution in [0, 0.1) is 10.1 Å². The number of halogens is 2. The summed E-state index contributed by atoms with van der Waals surface area (Å²) < 4.78 is 0. The van der Waals surface area contributed by atoms with Crippen LogP contribution in [0.15, 0.2) is 18.2 Å². The highest BCUT2D eigenvalue weighted by Crippen LogP contribution is 2.23. The van der Waals surface area contributed by atoms with Gasteiger partial charge >= 0.3 is 0 Å². The molecule has 0 saturated carbocycles. The molecule has 78 valence electrons. The van der Waals surface area contributed by atoms with Crippen molar-refractivity contribution >= 4 is 28.9 Å². The molecule has 0 spiro atoms. The lowest BCUT2D eigenvalue weighted by Crippen LogP contribution is -2.06. The van der Waals surface area contributed by atoms with Gasteiger partial charge in [-0.1, -0.05) is 23.2 Å². The molecule has 0 aliphatic carbocycles. The zero-order valence-electron chi connectivity index (χ0n) is 6.78. The quantitative estimate of drug-likeness (QED) is 0.395. The Kier molecular flexibility index (Phi) is 5.70. The van der Waals surface area contributed by atoms with E-state index < -0.39 is 5.09 Å². The number of nitrogens with two attached hydrogens (primary N) is 1. The van der Waals surface area contributed by atoms with Crippen LogP contribution in [0.5, 0.6) is 0 Å². The first-order valence-electron chi connectivity index (χ1n) is 3.22. The molecule has 0 radical (unpaired) electrons. The molecule has 0 amide bonds. The minimum absolute atomic E-state index is 0.562. The molecule has 0 aromatic heterocycles. The first kappa shape index (κ1) is 12.8. The number of benzene rings is 1. The van der Waals surface area contributed by atoms with E-state index in [-0.39, 0.29) is 0 Å². The van der Waals surface area contributed by atoms with Gasteiger partial charge in [0.15, 0.2) is 0 Å². The Morgan fingerprint density at radius 2 is 2.00 bits per heavy atom. The third-order valence-corrected chi connectivity index (χ3v) is 1.65. The summed E-state index contributed by atoms with van der Waals surface area (Å²) in [7, 11) is 0. The van der Waals surface area contributed by atoms with Gasteiger partial charge in [-0.3, -0.25) is 5.84 Å². The lowest BCUT2D eigenvalue weighted by molar-refractivity contribution is -0.742. The second-order valence-electron chi connectivity index (χ2n) is 2.01. The molecule has 6 nitrogen and oxygen atoms in total. The van der Waals surface area contributed by atoms with E-state index in [0.29, 0.717) is 15.7 Å². The zero-order valence-corrected chi connectivity index (χ0v) is 8.29. The van der Waals surface area contributed by atoms with Crippen molar-refractivity contribution in [1.29, 1.82) is 0 Å². The molecule has 8 heteroatoms. The first-order valence-corrected chi connectivity index (χ1v) is 3.98. The van der Waals surface area contributed by atoms with E-state index in [1.165, 1.54) is 0 Å². The van der Waals surface area contributed by atoms with Crippen molar-refractivity contribution in [3.8, 4) is 0 Å². The van der Waals surface area contributed by atoms with Crippen molar-refractivity contribution in [3.05, 3.63) is 38.4 Å². The molecule has 0 atom stereocenters. The van der Waals surface area contributed by atoms with Crippen LogP contribution >= 0.6 is 23.2 Å². The molecule has 1 aromatic carbocycles. The van der Waals surface area contributed by atoms with Crippen LogP contribution in [0.4, 0.5) is 5.69 Å². The van der Waals surface area contributed by atoms with Crippen molar-refractivity contribution in [1.82, 2.24) is 0 Å². The average Bonchev–Trinajstić information content (AvgIpc) is 2.08. The van der Waals surface area contributed by atoms with Crippen LogP contribution in [-0.2, 0) is 0 Å². The SMILES string of the molecule is NNc1cc(Cl)ccc1Cl.O=[N+]([O-])O. The smallest absolute Gasteiger partial charge is 0.291 e. The minimum atomic E-state index is -1.50. The summed E-state index contributed by atoms with van der Waals surface area (Å²) in [6.07, 6.45) is 0. The molecule has 0 aliphatic rings. The average molecular weight is 240 g/mol. The van der Waals surface area contributed by atoms with Gasteiger partial charge in [-0.25, -0.2) is 0 Å². The predicted molar refractivity (Wildman–Crippen MR) is 53.1 cm³/mol. The van der Waals surface area contributed by atoms with Gasteiger partial charge in [0, 0.05) is 5.02 Å². The third kappa shape index (κ3) is 5.41. The highest BCUT2D eigenvalue weighted by molar-refractivity contribution is 6.35. The Morgan fingerprint density at radius 3 is 2.36 bits per heavy atom. The molecule has 0 unspecified atom stereocenters. The number of nitrogen functional groups attached to an aromatic ring is 1. The Hall–Kier alpha value is -1.24. The van der Waals surface area contributed by atoms with E-state index in [2.05, 4.69) is 5.43 Å². The van der Waals surface area contributed by atoms with E-state index in [1.54, 1.807) is 18.2 Å². The van der Waals surface area contributed by atoms with E-state index in [0.717, 1.165) is 0 Å². The maximum atomic E-state index is 8.36. The van der Waals surface area contributed by atoms with Crippen LogP contribution in [0.2, 0.25) is 10.0 Å². The second kappa shape index (κ2) is 6.25. The monoisotopic (exact) mass is 239 g/mol. The molecule has 0 fully saturated rings. The Labute approximate surface area is 89.3 Å². The van der Waals surface area contributed by atoms with Gasteiger partial charge in [-0.15, -0.1) is 10.1 Å². The molecular formula is C6H7Cl2N3O3. The summed E-state index contributed by atoms with van der Waals surface area (Å²) in [4.78, 5) is 8.36. The largest absolute Gasteiger partial charge is 0.328 e. The molecule has 0 saturated heterocycles. The molecule has 14 heavy (non-hydrogen) atoms. The molecular weight excluding hydrogens is 233 g/mol. The van der Waals surface area contributed by atoms with Gasteiger partial charge in [0.1, 0.15) is 0 Å². The zero-order chi connectivity index (χ0) is 11.1. The van der Waals surface area contributed by atoms with Crippen LogP contribution in [0.25, 0.3) is 0 Å². The van der Waals surface area contributed by atoms with Crippen molar-refractivity contribution in [2.75, 3.05) is 5.43 Å². The Morgan fingerprint density at radius 1 is 1.50 bits per heavy atom. The summed E-state index contributed by atoms with van der Waals surface area (Å²) in [5.41, 5.74) is 3.05. The maximum absolute atomic E-state index is 8.36. The van der Waals surface area contributed by atoms with Crippen LogP contribution in [-0.4, -0.2) is 10.3 Å². The van der Waals surface area contributed by atoms with Crippen molar-refractivity contribution in [2.24, 2.45) is 5.84 Å². The maximum Gasteiger partial charge on any atom is 0.291 e. The van der Waals surface area contributed by atoms with Crippen molar-refractivity contribution in [3.63, 3.8) is 0 Å². The number of hydrogen-bond acceptors (Lipinski definition) is 4. The molecule has 0 bridgehead atoms. The number of rotatable bonds is 1. The summed E-state index contributed by atoms with van der Waals surface area (Å²) in [5.74, 6) is 5.13. The van der Waals surface area contributed by atoms with Gasteiger partial charge in [0.25, 0.3) is 5.09 Å². The van der Waals surface area contributed by atoms with Crippen LogP contribution < -0.4 is 11.3 Å². The van der Waals surface area contributed by atoms with Gasteiger partial charge in [0.2, 0.25) is 0 Å².